The molecule has 0 aliphatic carbocycles. The van der Waals surface area contributed by atoms with E-state index in [2.05, 4.69) is 15.5 Å². The van der Waals surface area contributed by atoms with Crippen molar-refractivity contribution in [2.24, 2.45) is 0 Å². The fourth-order valence-electron chi connectivity index (χ4n) is 2.72. The average molecular weight is 318 g/mol. The lowest BCUT2D eigenvalue weighted by Crippen LogP contribution is -2.50. The minimum absolute atomic E-state index is 0.0458. The van der Waals surface area contributed by atoms with E-state index in [1.165, 1.54) is 4.90 Å². The number of aryl methyl sites for hydroxylation is 1. The van der Waals surface area contributed by atoms with E-state index < -0.39 is 5.67 Å². The summed E-state index contributed by atoms with van der Waals surface area (Å²) in [5.41, 5.74) is -0.777. The Hall–Kier alpha value is -2.44. The van der Waals surface area contributed by atoms with Gasteiger partial charge in [0.15, 0.2) is 5.82 Å². The predicted octanol–water partition coefficient (Wildman–Crippen LogP) is 2.55. The first-order valence-corrected chi connectivity index (χ1v) is 7.63. The molecule has 122 valence electrons. The van der Waals surface area contributed by atoms with E-state index in [1.54, 1.807) is 6.92 Å². The quantitative estimate of drug-likeness (QED) is 0.944. The number of alkyl halides is 1. The largest absolute Gasteiger partial charge is 0.336 e. The third-order valence-electron chi connectivity index (χ3n) is 3.93. The van der Waals surface area contributed by atoms with Crippen molar-refractivity contribution in [1.82, 2.24) is 20.4 Å². The lowest BCUT2D eigenvalue weighted by atomic mass is 9.95. The standard InChI is InChI=1S/C16H19FN4O2/c1-12-19-14(23-20-12)16(17)8-5-9-21(11-16)15(22)18-10-13-6-3-2-4-7-13/h2-4,6-7H,5,8-11H2,1H3,(H,18,22). The van der Waals surface area contributed by atoms with Crippen LogP contribution in [0.5, 0.6) is 0 Å². The molecule has 1 aromatic heterocycles. The molecule has 23 heavy (non-hydrogen) atoms. The molecule has 2 heterocycles. The van der Waals surface area contributed by atoms with Gasteiger partial charge < -0.3 is 14.7 Å². The SMILES string of the molecule is Cc1noc(C2(F)CCCN(C(=O)NCc3ccccc3)C2)n1. The first-order chi connectivity index (χ1) is 11.1. The number of aromatic nitrogens is 2. The van der Waals surface area contributed by atoms with Gasteiger partial charge in [-0.05, 0) is 25.3 Å². The fourth-order valence-corrected chi connectivity index (χ4v) is 2.72. The van der Waals surface area contributed by atoms with Crippen LogP contribution in [0.1, 0.15) is 30.1 Å². The molecule has 1 N–H and O–H groups in total. The number of nitrogens with zero attached hydrogens (tertiary/aromatic N) is 3. The van der Waals surface area contributed by atoms with Gasteiger partial charge in [-0.1, -0.05) is 35.5 Å². The van der Waals surface area contributed by atoms with E-state index in [4.69, 9.17) is 4.52 Å². The first-order valence-electron chi connectivity index (χ1n) is 7.63. The minimum Gasteiger partial charge on any atom is -0.336 e. The zero-order chi connectivity index (χ0) is 16.3. The van der Waals surface area contributed by atoms with Crippen molar-refractivity contribution in [2.75, 3.05) is 13.1 Å². The maximum atomic E-state index is 15.1. The molecule has 2 aromatic rings. The molecule has 3 rings (SSSR count). The number of likely N-dealkylation sites (tertiary alicyclic amines) is 1. The second kappa shape index (κ2) is 6.36. The van der Waals surface area contributed by atoms with Crippen LogP contribution in [0.25, 0.3) is 0 Å². The highest BCUT2D eigenvalue weighted by Gasteiger charge is 2.43. The third kappa shape index (κ3) is 3.49. The van der Waals surface area contributed by atoms with Crippen molar-refractivity contribution in [3.63, 3.8) is 0 Å². The van der Waals surface area contributed by atoms with Crippen LogP contribution in [0, 0.1) is 6.92 Å². The van der Waals surface area contributed by atoms with Crippen LogP contribution in [-0.4, -0.2) is 34.2 Å². The van der Waals surface area contributed by atoms with Gasteiger partial charge in [0.05, 0.1) is 6.54 Å². The summed E-state index contributed by atoms with van der Waals surface area (Å²) in [4.78, 5) is 17.7. The Labute approximate surface area is 133 Å². The Bertz CT molecular complexity index is 676. The Balaban J connectivity index is 1.62. The molecule has 1 aliphatic heterocycles. The van der Waals surface area contributed by atoms with Gasteiger partial charge in [-0.25, -0.2) is 9.18 Å². The van der Waals surface area contributed by atoms with E-state index in [1.807, 2.05) is 30.3 Å². The molecule has 0 bridgehead atoms. The number of hydrogen-bond acceptors (Lipinski definition) is 4. The molecule has 6 nitrogen and oxygen atoms in total. The highest BCUT2D eigenvalue weighted by Crippen LogP contribution is 2.34. The lowest BCUT2D eigenvalue weighted by Gasteiger charge is -2.35. The number of rotatable bonds is 3. The molecule has 2 amide bonds. The smallest absolute Gasteiger partial charge is 0.317 e. The third-order valence-corrected chi connectivity index (χ3v) is 3.93. The summed E-state index contributed by atoms with van der Waals surface area (Å²) in [5.74, 6) is 0.346. The summed E-state index contributed by atoms with van der Waals surface area (Å²) in [6.07, 6.45) is 0.827. The van der Waals surface area contributed by atoms with Gasteiger partial charge in [-0.15, -0.1) is 0 Å². The fraction of sp³-hybridized carbons (Fsp3) is 0.438. The molecule has 1 aromatic carbocycles. The van der Waals surface area contributed by atoms with Crippen LogP contribution in [0.3, 0.4) is 0 Å². The van der Waals surface area contributed by atoms with E-state index in [9.17, 15) is 4.79 Å². The Morgan fingerprint density at radius 1 is 1.43 bits per heavy atom. The number of nitrogens with one attached hydrogen (secondary N) is 1. The molecule has 0 radical (unpaired) electrons. The lowest BCUT2D eigenvalue weighted by molar-refractivity contribution is 0.0306. The van der Waals surface area contributed by atoms with Gasteiger partial charge in [0.2, 0.25) is 5.67 Å². The maximum absolute atomic E-state index is 15.1. The van der Waals surface area contributed by atoms with Crippen molar-refractivity contribution >= 4 is 6.03 Å². The van der Waals surface area contributed by atoms with E-state index in [-0.39, 0.29) is 24.9 Å². The Morgan fingerprint density at radius 3 is 2.91 bits per heavy atom. The van der Waals surface area contributed by atoms with Gasteiger partial charge in [0.25, 0.3) is 5.89 Å². The number of amides is 2. The van der Waals surface area contributed by atoms with Gasteiger partial charge in [0, 0.05) is 13.1 Å². The molecule has 1 unspecified atom stereocenters. The van der Waals surface area contributed by atoms with Gasteiger partial charge in [-0.3, -0.25) is 0 Å². The number of halogens is 1. The molecule has 1 aliphatic rings. The number of hydrogen-bond donors (Lipinski definition) is 1. The van der Waals surface area contributed by atoms with Crippen molar-refractivity contribution in [3.8, 4) is 0 Å². The van der Waals surface area contributed by atoms with Crippen LogP contribution in [0.15, 0.2) is 34.9 Å². The number of urea groups is 1. The topological polar surface area (TPSA) is 71.3 Å². The summed E-state index contributed by atoms with van der Waals surface area (Å²) < 4.78 is 20.0. The zero-order valence-electron chi connectivity index (χ0n) is 13.0. The molecule has 0 saturated carbocycles. The summed E-state index contributed by atoms with van der Waals surface area (Å²) in [6.45, 7) is 2.49. The highest BCUT2D eigenvalue weighted by molar-refractivity contribution is 5.74. The summed E-state index contributed by atoms with van der Waals surface area (Å²) in [6, 6.07) is 9.31. The van der Waals surface area contributed by atoms with Crippen LogP contribution in [-0.2, 0) is 12.2 Å². The van der Waals surface area contributed by atoms with E-state index >= 15 is 4.39 Å². The summed E-state index contributed by atoms with van der Waals surface area (Å²) in [7, 11) is 0. The summed E-state index contributed by atoms with van der Waals surface area (Å²) in [5, 5.41) is 6.45. The number of carbonyl (C=O) groups excluding carboxylic acids is 1. The van der Waals surface area contributed by atoms with Gasteiger partial charge >= 0.3 is 6.03 Å². The van der Waals surface area contributed by atoms with Crippen LogP contribution < -0.4 is 5.32 Å². The maximum Gasteiger partial charge on any atom is 0.317 e. The highest BCUT2D eigenvalue weighted by atomic mass is 19.1. The summed E-state index contributed by atoms with van der Waals surface area (Å²) >= 11 is 0. The molecular formula is C16H19FN4O2. The average Bonchev–Trinajstić information content (AvgIpc) is 3.01. The molecule has 1 fully saturated rings. The van der Waals surface area contributed by atoms with Crippen molar-refractivity contribution in [3.05, 3.63) is 47.6 Å². The van der Waals surface area contributed by atoms with Crippen LogP contribution in [0.4, 0.5) is 9.18 Å². The number of benzene rings is 1. The predicted molar refractivity (Wildman–Crippen MR) is 81.3 cm³/mol. The van der Waals surface area contributed by atoms with Crippen LogP contribution in [0.2, 0.25) is 0 Å². The van der Waals surface area contributed by atoms with Crippen molar-refractivity contribution in [2.45, 2.75) is 32.0 Å². The first kappa shape index (κ1) is 15.5. The normalized spacial score (nSPS) is 21.2. The Kier molecular flexibility index (Phi) is 4.27. The number of piperidine rings is 1. The second-order valence-corrected chi connectivity index (χ2v) is 5.78. The second-order valence-electron chi connectivity index (χ2n) is 5.78. The monoisotopic (exact) mass is 318 g/mol. The molecule has 7 heteroatoms. The molecule has 1 atom stereocenters. The van der Waals surface area contributed by atoms with Crippen LogP contribution >= 0.6 is 0 Å². The van der Waals surface area contributed by atoms with Gasteiger partial charge in [-0.2, -0.15) is 4.98 Å². The molecule has 1 saturated heterocycles. The van der Waals surface area contributed by atoms with E-state index in [0.717, 1.165) is 5.56 Å². The zero-order valence-corrected chi connectivity index (χ0v) is 13.0. The Morgan fingerprint density at radius 2 is 2.22 bits per heavy atom. The van der Waals surface area contributed by atoms with Crippen molar-refractivity contribution < 1.29 is 13.7 Å². The minimum atomic E-state index is -1.77. The molecule has 0 spiro atoms. The van der Waals surface area contributed by atoms with Gasteiger partial charge in [0.1, 0.15) is 0 Å². The molecular weight excluding hydrogens is 299 g/mol. The number of carbonyl (C=O) groups is 1. The van der Waals surface area contributed by atoms with Crippen molar-refractivity contribution in [1.29, 1.82) is 0 Å². The van der Waals surface area contributed by atoms with E-state index in [0.29, 0.717) is 25.3 Å².